The van der Waals surface area contributed by atoms with Crippen molar-refractivity contribution < 1.29 is 12.8 Å². The second-order valence-electron chi connectivity index (χ2n) is 7.16. The lowest BCUT2D eigenvalue weighted by Crippen LogP contribution is -2.26. The highest BCUT2D eigenvalue weighted by molar-refractivity contribution is 7.91. The smallest absolute Gasteiger partial charge is 0.258 e. The zero-order valence-electron chi connectivity index (χ0n) is 15.5. The Balaban J connectivity index is 2.18. The van der Waals surface area contributed by atoms with Crippen molar-refractivity contribution in [3.8, 4) is 11.8 Å². The van der Waals surface area contributed by atoms with Gasteiger partial charge in [-0.25, -0.2) is 8.42 Å². The predicted molar refractivity (Wildman–Crippen MR) is 107 cm³/mol. The quantitative estimate of drug-likeness (QED) is 0.478. The molecule has 26 heavy (non-hydrogen) atoms. The van der Waals surface area contributed by atoms with Gasteiger partial charge in [-0.1, -0.05) is 5.92 Å². The van der Waals surface area contributed by atoms with E-state index >= 15 is 0 Å². The van der Waals surface area contributed by atoms with E-state index in [1.165, 1.54) is 0 Å². The van der Waals surface area contributed by atoms with Gasteiger partial charge in [-0.2, -0.15) is 4.40 Å². The topological polar surface area (TPSA) is 59.6 Å². The molecule has 0 radical (unpaired) electrons. The van der Waals surface area contributed by atoms with Crippen molar-refractivity contribution in [3.05, 3.63) is 47.5 Å². The third-order valence-corrected chi connectivity index (χ3v) is 6.25. The van der Waals surface area contributed by atoms with Gasteiger partial charge < -0.3 is 4.42 Å². The Morgan fingerprint density at radius 2 is 1.65 bits per heavy atom. The van der Waals surface area contributed by atoms with E-state index in [9.17, 15) is 8.42 Å². The van der Waals surface area contributed by atoms with Gasteiger partial charge in [0.25, 0.3) is 10.0 Å². The predicted octanol–water partition coefficient (Wildman–Crippen LogP) is 4.89. The third kappa shape index (κ3) is 3.25. The molecule has 0 atom stereocenters. The van der Waals surface area contributed by atoms with Crippen LogP contribution in [0.2, 0.25) is 0 Å². The van der Waals surface area contributed by atoms with Crippen LogP contribution in [0.25, 0.3) is 21.9 Å². The summed E-state index contributed by atoms with van der Waals surface area (Å²) in [7, 11) is -3.60. The molecule has 0 saturated carbocycles. The molecular formula is C21H21NO3S. The first-order valence-electron chi connectivity index (χ1n) is 8.33. The minimum Gasteiger partial charge on any atom is -0.456 e. The average molecular weight is 367 g/mol. The first kappa shape index (κ1) is 18.2. The van der Waals surface area contributed by atoms with Crippen LogP contribution in [0.3, 0.4) is 0 Å². The standard InChI is InChI=1S/C21H21NO3S/c1-6-7-15-8-10-19-17(12-15)18-13-16(9-11-20(18)25-19)14(2)22-26(23,24)21(3,4)5/h8-13H,1-5H3/b22-14+. The summed E-state index contributed by atoms with van der Waals surface area (Å²) in [5.74, 6) is 5.94. The Labute approximate surface area is 154 Å². The molecular weight excluding hydrogens is 346 g/mol. The molecule has 0 bridgehead atoms. The maximum atomic E-state index is 12.4. The maximum absolute atomic E-state index is 12.4. The van der Waals surface area contributed by atoms with Gasteiger partial charge in [0.1, 0.15) is 11.2 Å². The van der Waals surface area contributed by atoms with Gasteiger partial charge in [-0.15, -0.1) is 5.92 Å². The van der Waals surface area contributed by atoms with Crippen molar-refractivity contribution in [2.75, 3.05) is 0 Å². The first-order valence-corrected chi connectivity index (χ1v) is 9.77. The van der Waals surface area contributed by atoms with Crippen molar-refractivity contribution in [2.45, 2.75) is 39.4 Å². The molecule has 0 N–H and O–H groups in total. The number of sulfonamides is 1. The van der Waals surface area contributed by atoms with Crippen molar-refractivity contribution in [3.63, 3.8) is 0 Å². The number of rotatable bonds is 2. The van der Waals surface area contributed by atoms with Crippen LogP contribution in [-0.4, -0.2) is 18.9 Å². The summed E-state index contributed by atoms with van der Waals surface area (Å²) in [5, 5.41) is 1.87. The molecule has 1 aromatic heterocycles. The summed E-state index contributed by atoms with van der Waals surface area (Å²) in [5.41, 5.74) is 3.64. The monoisotopic (exact) mass is 367 g/mol. The minimum atomic E-state index is -3.60. The van der Waals surface area contributed by atoms with Crippen molar-refractivity contribution in [2.24, 2.45) is 4.40 Å². The van der Waals surface area contributed by atoms with Gasteiger partial charge in [0, 0.05) is 16.3 Å². The summed E-state index contributed by atoms with van der Waals surface area (Å²) in [6, 6.07) is 11.4. The normalized spacial score (nSPS) is 13.0. The zero-order valence-corrected chi connectivity index (χ0v) is 16.4. The van der Waals surface area contributed by atoms with Gasteiger partial charge in [0.2, 0.25) is 0 Å². The third-order valence-electron chi connectivity index (χ3n) is 4.19. The maximum Gasteiger partial charge on any atom is 0.258 e. The molecule has 2 aromatic carbocycles. The fraction of sp³-hybridized carbons (Fsp3) is 0.286. The second kappa shape index (κ2) is 6.30. The van der Waals surface area contributed by atoms with Crippen LogP contribution in [0.1, 0.15) is 45.7 Å². The largest absolute Gasteiger partial charge is 0.456 e. The van der Waals surface area contributed by atoms with Gasteiger partial charge in [-0.05, 0) is 76.6 Å². The number of benzene rings is 2. The lowest BCUT2D eigenvalue weighted by atomic mass is 10.1. The van der Waals surface area contributed by atoms with Crippen molar-refractivity contribution >= 4 is 37.7 Å². The summed E-state index contributed by atoms with van der Waals surface area (Å²) in [6.45, 7) is 8.43. The summed E-state index contributed by atoms with van der Waals surface area (Å²) >= 11 is 0. The van der Waals surface area contributed by atoms with E-state index in [0.29, 0.717) is 5.71 Å². The molecule has 0 amide bonds. The van der Waals surface area contributed by atoms with Gasteiger partial charge >= 0.3 is 0 Å². The molecule has 0 spiro atoms. The lowest BCUT2D eigenvalue weighted by Gasteiger charge is -2.15. The Bertz CT molecular complexity index is 1200. The van der Waals surface area contributed by atoms with Crippen molar-refractivity contribution in [1.82, 2.24) is 0 Å². The molecule has 3 rings (SSSR count). The Morgan fingerprint density at radius 3 is 2.27 bits per heavy atom. The minimum absolute atomic E-state index is 0.459. The van der Waals surface area contributed by atoms with Gasteiger partial charge in [0.15, 0.2) is 0 Å². The summed E-state index contributed by atoms with van der Waals surface area (Å²) in [4.78, 5) is 0. The fourth-order valence-electron chi connectivity index (χ4n) is 2.59. The van der Waals surface area contributed by atoms with E-state index in [4.69, 9.17) is 4.42 Å². The van der Waals surface area contributed by atoms with E-state index in [2.05, 4.69) is 16.2 Å². The molecule has 5 heteroatoms. The SMILES string of the molecule is CC#Cc1ccc2oc3ccc(/C(C)=N/S(=O)(=O)C(C)(C)C)cc3c2c1. The molecule has 0 saturated heterocycles. The molecule has 3 aromatic rings. The molecule has 0 aliphatic carbocycles. The molecule has 134 valence electrons. The molecule has 1 heterocycles. The van der Waals surface area contributed by atoms with E-state index in [1.54, 1.807) is 34.6 Å². The Kier molecular flexibility index (Phi) is 4.41. The number of hydrogen-bond acceptors (Lipinski definition) is 3. The highest BCUT2D eigenvalue weighted by atomic mass is 32.2. The highest BCUT2D eigenvalue weighted by Crippen LogP contribution is 2.30. The lowest BCUT2D eigenvalue weighted by molar-refractivity contribution is 0.562. The van der Waals surface area contributed by atoms with Crippen LogP contribution in [0.4, 0.5) is 0 Å². The highest BCUT2D eigenvalue weighted by Gasteiger charge is 2.28. The van der Waals surface area contributed by atoms with E-state index < -0.39 is 14.8 Å². The zero-order chi connectivity index (χ0) is 19.1. The van der Waals surface area contributed by atoms with Crippen LogP contribution in [0.15, 0.2) is 45.2 Å². The first-order chi connectivity index (χ1) is 12.1. The molecule has 0 aliphatic rings. The summed E-state index contributed by atoms with van der Waals surface area (Å²) in [6.07, 6.45) is 0. The van der Waals surface area contributed by atoms with E-state index in [-0.39, 0.29) is 0 Å². The molecule has 4 nitrogen and oxygen atoms in total. The van der Waals surface area contributed by atoms with E-state index in [0.717, 1.165) is 33.1 Å². The van der Waals surface area contributed by atoms with Gasteiger partial charge in [0.05, 0.1) is 10.5 Å². The number of hydrogen-bond donors (Lipinski definition) is 0. The number of nitrogens with zero attached hydrogens (tertiary/aromatic N) is 1. The Hall–Kier alpha value is -2.58. The fourth-order valence-corrected chi connectivity index (χ4v) is 3.33. The number of furan rings is 1. The molecule has 0 aliphatic heterocycles. The molecule has 0 fully saturated rings. The number of fused-ring (bicyclic) bond motifs is 3. The van der Waals surface area contributed by atoms with Gasteiger partial charge in [-0.3, -0.25) is 0 Å². The van der Waals surface area contributed by atoms with Crippen LogP contribution < -0.4 is 0 Å². The average Bonchev–Trinajstić information content (AvgIpc) is 2.91. The summed E-state index contributed by atoms with van der Waals surface area (Å²) < 4.78 is 33.7. The van der Waals surface area contributed by atoms with Crippen LogP contribution in [0.5, 0.6) is 0 Å². The van der Waals surface area contributed by atoms with Crippen molar-refractivity contribution in [1.29, 1.82) is 0 Å². The van der Waals surface area contributed by atoms with Crippen LogP contribution in [0, 0.1) is 11.8 Å². The molecule has 0 unspecified atom stereocenters. The van der Waals surface area contributed by atoms with Crippen LogP contribution in [-0.2, 0) is 10.0 Å². The second-order valence-corrected chi connectivity index (χ2v) is 9.52. The van der Waals surface area contributed by atoms with Crippen LogP contribution >= 0.6 is 0 Å². The Morgan fingerprint density at radius 1 is 1.04 bits per heavy atom. The van der Waals surface area contributed by atoms with E-state index in [1.807, 2.05) is 36.4 Å².